The van der Waals surface area contributed by atoms with Crippen LogP contribution in [-0.4, -0.2) is 14.7 Å². The van der Waals surface area contributed by atoms with Gasteiger partial charge in [0.05, 0.1) is 0 Å². The van der Waals surface area contributed by atoms with E-state index < -0.39 is 26.4 Å². The largest absolute Gasteiger partial charge is 0.224 e. The first-order valence-corrected chi connectivity index (χ1v) is 9.82. The molecule has 1 aliphatic rings. The van der Waals surface area contributed by atoms with E-state index in [1.54, 1.807) is 0 Å². The molecule has 0 amide bonds. The van der Waals surface area contributed by atoms with Crippen LogP contribution in [0, 0.1) is 11.6 Å². The van der Waals surface area contributed by atoms with Gasteiger partial charge in [0.15, 0.2) is 9.84 Å². The maximum Gasteiger partial charge on any atom is 0.181 e. The smallest absolute Gasteiger partial charge is 0.181 e. The van der Waals surface area contributed by atoms with E-state index in [0.717, 1.165) is 34.0 Å². The normalized spacial score (nSPS) is 14.5. The average molecular weight is 411 g/mol. The predicted molar refractivity (Wildman–Crippen MR) is 94.2 cm³/mol. The van der Waals surface area contributed by atoms with E-state index in [4.69, 9.17) is 0 Å². The van der Waals surface area contributed by atoms with Gasteiger partial charge in [-0.3, -0.25) is 0 Å². The Morgan fingerprint density at radius 3 is 2.08 bits per heavy atom. The Labute approximate surface area is 147 Å². The Kier molecular flexibility index (Phi) is 4.44. The molecule has 6 heteroatoms. The van der Waals surface area contributed by atoms with Crippen molar-refractivity contribution in [3.05, 3.63) is 75.8 Å². The Balaban J connectivity index is 2.09. The molecule has 0 saturated heterocycles. The van der Waals surface area contributed by atoms with Gasteiger partial charge in [-0.25, -0.2) is 17.2 Å². The second kappa shape index (κ2) is 6.26. The third-order valence-electron chi connectivity index (χ3n) is 3.75. The molecule has 0 spiro atoms. The minimum Gasteiger partial charge on any atom is -0.224 e. The van der Waals surface area contributed by atoms with Gasteiger partial charge in [0.1, 0.15) is 16.5 Å². The lowest BCUT2D eigenvalue weighted by molar-refractivity contribution is 0.521. The van der Waals surface area contributed by atoms with Gasteiger partial charge in [-0.1, -0.05) is 40.2 Å². The van der Waals surface area contributed by atoms with Crippen molar-refractivity contribution in [1.29, 1.82) is 0 Å². The molecule has 0 aliphatic heterocycles. The Hall–Kier alpha value is -1.79. The Bertz CT molecular complexity index is 969. The van der Waals surface area contributed by atoms with Gasteiger partial charge in [-0.2, -0.15) is 0 Å². The van der Waals surface area contributed by atoms with E-state index in [1.165, 1.54) is 0 Å². The summed E-state index contributed by atoms with van der Waals surface area (Å²) in [7, 11) is -3.97. The van der Waals surface area contributed by atoms with Crippen molar-refractivity contribution in [3.63, 3.8) is 0 Å². The maximum absolute atomic E-state index is 14.2. The summed E-state index contributed by atoms with van der Waals surface area (Å²) in [5.41, 5.74) is 2.79. The highest BCUT2D eigenvalue weighted by Gasteiger charge is 2.23. The Morgan fingerprint density at radius 1 is 0.958 bits per heavy atom. The molecule has 0 N–H and O–H groups in total. The number of benzene rings is 2. The van der Waals surface area contributed by atoms with Gasteiger partial charge < -0.3 is 0 Å². The van der Waals surface area contributed by atoms with Crippen LogP contribution in [0.5, 0.6) is 0 Å². The topological polar surface area (TPSA) is 34.1 Å². The molecule has 0 bridgehead atoms. The van der Waals surface area contributed by atoms with Gasteiger partial charge in [0.25, 0.3) is 0 Å². The molecule has 124 valence electrons. The van der Waals surface area contributed by atoms with Gasteiger partial charge >= 0.3 is 0 Å². The molecule has 2 aromatic carbocycles. The fourth-order valence-corrected chi connectivity index (χ4v) is 4.01. The first-order chi connectivity index (χ1) is 11.3. The number of sulfone groups is 1. The molecule has 0 radical (unpaired) electrons. The molecule has 0 atom stereocenters. The summed E-state index contributed by atoms with van der Waals surface area (Å²) in [5.74, 6) is -2.15. The second-order valence-electron chi connectivity index (χ2n) is 5.52. The zero-order valence-electron chi connectivity index (χ0n) is 12.7. The molecule has 2 aromatic rings. The minimum atomic E-state index is -3.97. The highest BCUT2D eigenvalue weighted by Crippen LogP contribution is 2.38. The number of halogens is 3. The molecular weight excluding hydrogens is 398 g/mol. The van der Waals surface area contributed by atoms with Gasteiger partial charge in [-0.05, 0) is 53.0 Å². The first-order valence-electron chi connectivity index (χ1n) is 7.13. The van der Waals surface area contributed by atoms with Crippen LogP contribution in [0.2, 0.25) is 0 Å². The van der Waals surface area contributed by atoms with Crippen LogP contribution in [0.3, 0.4) is 0 Å². The van der Waals surface area contributed by atoms with Crippen LogP contribution >= 0.6 is 15.9 Å². The molecule has 1 aliphatic carbocycles. The van der Waals surface area contributed by atoms with E-state index in [9.17, 15) is 17.2 Å². The van der Waals surface area contributed by atoms with Crippen molar-refractivity contribution in [2.45, 2.75) is 11.3 Å². The van der Waals surface area contributed by atoms with Crippen molar-refractivity contribution in [2.75, 3.05) is 6.26 Å². The van der Waals surface area contributed by atoms with Crippen LogP contribution in [0.1, 0.15) is 17.5 Å². The van der Waals surface area contributed by atoms with Crippen LogP contribution in [-0.2, 0) is 9.84 Å². The van der Waals surface area contributed by atoms with Crippen LogP contribution in [0.4, 0.5) is 8.78 Å². The van der Waals surface area contributed by atoms with E-state index in [0.29, 0.717) is 17.6 Å². The lowest BCUT2D eigenvalue weighted by atomic mass is 9.95. The predicted octanol–water partition coefficient (Wildman–Crippen LogP) is 5.00. The van der Waals surface area contributed by atoms with Crippen molar-refractivity contribution >= 4 is 36.9 Å². The third kappa shape index (κ3) is 3.21. The monoisotopic (exact) mass is 410 g/mol. The molecular formula is C18H13BrF2O2S. The van der Waals surface area contributed by atoms with Crippen LogP contribution in [0.25, 0.3) is 11.1 Å². The summed E-state index contributed by atoms with van der Waals surface area (Å²) in [6.07, 6.45) is 5.27. The summed E-state index contributed by atoms with van der Waals surface area (Å²) in [6.45, 7) is 0. The SMILES string of the molecule is CS(=O)(=O)c1c(F)cc(C2=CCC=C2c2cccc(Br)c2)cc1F. The number of hydrogen-bond donors (Lipinski definition) is 0. The first kappa shape index (κ1) is 17.0. The summed E-state index contributed by atoms with van der Waals surface area (Å²) in [6, 6.07) is 9.74. The van der Waals surface area contributed by atoms with E-state index in [2.05, 4.69) is 15.9 Å². The molecule has 0 unspecified atom stereocenters. The van der Waals surface area contributed by atoms with Gasteiger partial charge in [0, 0.05) is 10.7 Å². The summed E-state index contributed by atoms with van der Waals surface area (Å²) in [5, 5.41) is 0. The standard InChI is InChI=1S/C18H13BrF2O2S/c1-24(22,23)18-16(20)9-12(10-17(18)21)15-7-3-6-14(15)11-4-2-5-13(19)8-11/h2,4-10H,3H2,1H3. The van der Waals surface area contributed by atoms with Crippen LogP contribution in [0.15, 0.2) is 57.9 Å². The zero-order chi connectivity index (χ0) is 17.5. The van der Waals surface area contributed by atoms with Crippen LogP contribution < -0.4 is 0 Å². The fraction of sp³-hybridized carbons (Fsp3) is 0.111. The lowest BCUT2D eigenvalue weighted by Crippen LogP contribution is -2.05. The number of rotatable bonds is 3. The molecule has 0 aromatic heterocycles. The van der Waals surface area contributed by atoms with Crippen molar-refractivity contribution in [2.24, 2.45) is 0 Å². The summed E-state index contributed by atoms with van der Waals surface area (Å²) in [4.78, 5) is -0.891. The summed E-state index contributed by atoms with van der Waals surface area (Å²) >= 11 is 3.41. The third-order valence-corrected chi connectivity index (χ3v) is 5.37. The Morgan fingerprint density at radius 2 is 1.54 bits per heavy atom. The van der Waals surface area contributed by atoms with E-state index in [-0.39, 0.29) is 0 Å². The molecule has 3 rings (SSSR count). The highest BCUT2D eigenvalue weighted by molar-refractivity contribution is 9.10. The molecule has 0 saturated carbocycles. The summed E-state index contributed by atoms with van der Waals surface area (Å²) < 4.78 is 52.3. The number of hydrogen-bond acceptors (Lipinski definition) is 2. The van der Waals surface area contributed by atoms with Crippen molar-refractivity contribution < 1.29 is 17.2 Å². The van der Waals surface area contributed by atoms with Crippen molar-refractivity contribution in [3.8, 4) is 0 Å². The zero-order valence-corrected chi connectivity index (χ0v) is 15.1. The molecule has 24 heavy (non-hydrogen) atoms. The molecule has 0 fully saturated rings. The highest BCUT2D eigenvalue weighted by atomic mass is 79.9. The molecule has 0 heterocycles. The molecule has 2 nitrogen and oxygen atoms in total. The average Bonchev–Trinajstić information content (AvgIpc) is 2.94. The van der Waals surface area contributed by atoms with Crippen molar-refractivity contribution in [1.82, 2.24) is 0 Å². The second-order valence-corrected chi connectivity index (χ2v) is 8.39. The maximum atomic E-state index is 14.2. The quantitative estimate of drug-likeness (QED) is 0.713. The fourth-order valence-electron chi connectivity index (χ4n) is 2.79. The van der Waals surface area contributed by atoms with Gasteiger partial charge in [0.2, 0.25) is 0 Å². The van der Waals surface area contributed by atoms with E-state index in [1.807, 2.05) is 36.4 Å². The van der Waals surface area contributed by atoms with Gasteiger partial charge in [-0.15, -0.1) is 0 Å². The lowest BCUT2D eigenvalue weighted by Gasteiger charge is -2.12. The minimum absolute atomic E-state index is 0.320. The van der Waals surface area contributed by atoms with E-state index >= 15 is 0 Å². The number of allylic oxidation sites excluding steroid dienone is 4.